The van der Waals surface area contributed by atoms with Gasteiger partial charge in [0.2, 0.25) is 0 Å². The van der Waals surface area contributed by atoms with E-state index >= 15 is 0 Å². The second-order valence-corrected chi connectivity index (χ2v) is 4.82. The second kappa shape index (κ2) is 9.91. The van der Waals surface area contributed by atoms with E-state index in [1.54, 1.807) is 11.9 Å². The third-order valence-electron chi connectivity index (χ3n) is 2.95. The molecular formula is C13H22Cl2FN3O. The Morgan fingerprint density at radius 1 is 1.40 bits per heavy atom. The summed E-state index contributed by atoms with van der Waals surface area (Å²) in [5.74, 6) is -0.365. The molecule has 0 aliphatic rings. The molecule has 0 aliphatic heterocycles. The van der Waals surface area contributed by atoms with Crippen LogP contribution in [0.15, 0.2) is 18.5 Å². The topological polar surface area (TPSA) is 59.2 Å². The van der Waals surface area contributed by atoms with Crippen molar-refractivity contribution in [3.63, 3.8) is 0 Å². The van der Waals surface area contributed by atoms with Gasteiger partial charge in [-0.25, -0.2) is 4.39 Å². The summed E-state index contributed by atoms with van der Waals surface area (Å²) < 4.78 is 13.0. The number of rotatable bonds is 5. The smallest absolute Gasteiger partial charge is 0.255 e. The van der Waals surface area contributed by atoms with Gasteiger partial charge < -0.3 is 10.6 Å². The molecule has 1 atom stereocenters. The first-order valence-corrected chi connectivity index (χ1v) is 6.03. The van der Waals surface area contributed by atoms with Gasteiger partial charge in [-0.2, -0.15) is 0 Å². The molecule has 1 rings (SSSR count). The minimum absolute atomic E-state index is 0. The first-order valence-electron chi connectivity index (χ1n) is 6.03. The van der Waals surface area contributed by atoms with E-state index < -0.39 is 5.82 Å². The van der Waals surface area contributed by atoms with Crippen molar-refractivity contribution in [1.29, 1.82) is 0 Å². The molecule has 116 valence electrons. The first-order chi connectivity index (χ1) is 8.41. The molecule has 1 aromatic heterocycles. The Hall–Kier alpha value is -0.910. The van der Waals surface area contributed by atoms with Gasteiger partial charge in [-0.1, -0.05) is 13.8 Å². The van der Waals surface area contributed by atoms with E-state index in [0.717, 1.165) is 12.6 Å². The third-order valence-corrected chi connectivity index (χ3v) is 2.95. The van der Waals surface area contributed by atoms with E-state index in [1.165, 1.54) is 12.3 Å². The number of hydrogen-bond acceptors (Lipinski definition) is 3. The average molecular weight is 326 g/mol. The summed E-state index contributed by atoms with van der Waals surface area (Å²) in [6.07, 6.45) is 3.17. The lowest BCUT2D eigenvalue weighted by Crippen LogP contribution is -2.34. The summed E-state index contributed by atoms with van der Waals surface area (Å²) in [6, 6.07) is 1.25. The first kappa shape index (κ1) is 21.4. The Kier molecular flexibility index (Phi) is 10.6. The van der Waals surface area contributed by atoms with Crippen molar-refractivity contribution in [1.82, 2.24) is 9.88 Å². The number of pyridine rings is 1. The van der Waals surface area contributed by atoms with E-state index in [2.05, 4.69) is 4.98 Å². The lowest BCUT2D eigenvalue weighted by molar-refractivity contribution is 0.0788. The molecule has 1 heterocycles. The third kappa shape index (κ3) is 6.50. The SMILES string of the molecule is CC(C)C(N)CCN(C)C(=O)c1cncc(F)c1.Cl.Cl. The van der Waals surface area contributed by atoms with Crippen LogP contribution >= 0.6 is 24.8 Å². The zero-order valence-corrected chi connectivity index (χ0v) is 13.5. The van der Waals surface area contributed by atoms with Gasteiger partial charge in [-0.15, -0.1) is 24.8 Å². The van der Waals surface area contributed by atoms with Gasteiger partial charge in [0.05, 0.1) is 11.8 Å². The van der Waals surface area contributed by atoms with Crippen molar-refractivity contribution in [2.45, 2.75) is 26.3 Å². The van der Waals surface area contributed by atoms with Crippen LogP contribution in [0.4, 0.5) is 4.39 Å². The average Bonchev–Trinajstić information content (AvgIpc) is 2.34. The van der Waals surface area contributed by atoms with Crippen molar-refractivity contribution in [2.24, 2.45) is 11.7 Å². The molecular weight excluding hydrogens is 304 g/mol. The van der Waals surface area contributed by atoms with Gasteiger partial charge in [0, 0.05) is 25.8 Å². The number of halogens is 3. The summed E-state index contributed by atoms with van der Waals surface area (Å²) in [6.45, 7) is 4.64. The fourth-order valence-electron chi connectivity index (χ4n) is 1.53. The van der Waals surface area contributed by atoms with Crippen LogP contribution < -0.4 is 5.73 Å². The lowest BCUT2D eigenvalue weighted by atomic mass is 10.0. The summed E-state index contributed by atoms with van der Waals surface area (Å²) in [5.41, 5.74) is 6.18. The Balaban J connectivity index is 0. The molecule has 1 unspecified atom stereocenters. The van der Waals surface area contributed by atoms with Crippen LogP contribution in [0.3, 0.4) is 0 Å². The highest BCUT2D eigenvalue weighted by molar-refractivity contribution is 5.93. The van der Waals surface area contributed by atoms with Gasteiger partial charge in [0.1, 0.15) is 5.82 Å². The van der Waals surface area contributed by atoms with Crippen LogP contribution in [0.1, 0.15) is 30.6 Å². The zero-order valence-electron chi connectivity index (χ0n) is 11.9. The van der Waals surface area contributed by atoms with E-state index in [4.69, 9.17) is 5.73 Å². The molecule has 0 radical (unpaired) electrons. The van der Waals surface area contributed by atoms with Crippen LogP contribution in [0.25, 0.3) is 0 Å². The molecule has 7 heteroatoms. The fourth-order valence-corrected chi connectivity index (χ4v) is 1.53. The summed E-state index contributed by atoms with van der Waals surface area (Å²) in [5, 5.41) is 0. The highest BCUT2D eigenvalue weighted by Gasteiger charge is 2.15. The zero-order chi connectivity index (χ0) is 13.7. The number of carbonyl (C=O) groups is 1. The summed E-state index contributed by atoms with van der Waals surface area (Å²) in [4.78, 5) is 17.2. The van der Waals surface area contributed by atoms with Gasteiger partial charge in [0.15, 0.2) is 0 Å². The van der Waals surface area contributed by atoms with Crippen molar-refractivity contribution < 1.29 is 9.18 Å². The van der Waals surface area contributed by atoms with Gasteiger partial charge in [-0.05, 0) is 18.4 Å². The minimum Gasteiger partial charge on any atom is -0.342 e. The van der Waals surface area contributed by atoms with Crippen molar-refractivity contribution in [3.05, 3.63) is 29.8 Å². The van der Waals surface area contributed by atoms with Crippen LogP contribution in [0, 0.1) is 11.7 Å². The molecule has 0 spiro atoms. The predicted molar refractivity (Wildman–Crippen MR) is 83.1 cm³/mol. The Bertz CT molecular complexity index is 418. The van der Waals surface area contributed by atoms with Gasteiger partial charge >= 0.3 is 0 Å². The van der Waals surface area contributed by atoms with Crippen molar-refractivity contribution in [2.75, 3.05) is 13.6 Å². The summed E-state index contributed by atoms with van der Waals surface area (Å²) >= 11 is 0. The molecule has 0 fully saturated rings. The maximum absolute atomic E-state index is 13.0. The molecule has 0 aromatic carbocycles. The monoisotopic (exact) mass is 325 g/mol. The summed E-state index contributed by atoms with van der Waals surface area (Å²) in [7, 11) is 1.68. The number of hydrogen-bond donors (Lipinski definition) is 1. The molecule has 20 heavy (non-hydrogen) atoms. The number of amides is 1. The maximum Gasteiger partial charge on any atom is 0.255 e. The quantitative estimate of drug-likeness (QED) is 0.904. The van der Waals surface area contributed by atoms with Crippen molar-refractivity contribution in [3.8, 4) is 0 Å². The highest BCUT2D eigenvalue weighted by Crippen LogP contribution is 2.07. The lowest BCUT2D eigenvalue weighted by Gasteiger charge is -2.21. The molecule has 1 amide bonds. The largest absolute Gasteiger partial charge is 0.342 e. The number of nitrogens with two attached hydrogens (primary N) is 1. The fraction of sp³-hybridized carbons (Fsp3) is 0.538. The van der Waals surface area contributed by atoms with E-state index in [-0.39, 0.29) is 42.3 Å². The second-order valence-electron chi connectivity index (χ2n) is 4.82. The van der Waals surface area contributed by atoms with Gasteiger partial charge in [0.25, 0.3) is 5.91 Å². The van der Waals surface area contributed by atoms with E-state index in [0.29, 0.717) is 12.5 Å². The highest BCUT2D eigenvalue weighted by atomic mass is 35.5. The van der Waals surface area contributed by atoms with E-state index in [1.807, 2.05) is 13.8 Å². The predicted octanol–water partition coefficient (Wildman–Crippen LogP) is 2.51. The number of aromatic nitrogens is 1. The van der Waals surface area contributed by atoms with Crippen LogP contribution in [-0.4, -0.2) is 35.4 Å². The molecule has 0 bridgehead atoms. The van der Waals surface area contributed by atoms with Crippen LogP contribution in [-0.2, 0) is 0 Å². The van der Waals surface area contributed by atoms with Gasteiger partial charge in [-0.3, -0.25) is 9.78 Å². The van der Waals surface area contributed by atoms with Crippen LogP contribution in [0.2, 0.25) is 0 Å². The molecule has 4 nitrogen and oxygen atoms in total. The molecule has 2 N–H and O–H groups in total. The van der Waals surface area contributed by atoms with Crippen LogP contribution in [0.5, 0.6) is 0 Å². The molecule has 0 saturated heterocycles. The molecule has 0 saturated carbocycles. The van der Waals surface area contributed by atoms with Crippen molar-refractivity contribution >= 4 is 30.7 Å². The number of carbonyl (C=O) groups excluding carboxylic acids is 1. The van der Waals surface area contributed by atoms with E-state index in [9.17, 15) is 9.18 Å². The molecule has 1 aromatic rings. The Morgan fingerprint density at radius 2 is 2.00 bits per heavy atom. The number of nitrogens with zero attached hydrogens (tertiary/aromatic N) is 2. The maximum atomic E-state index is 13.0. The molecule has 0 aliphatic carbocycles. The minimum atomic E-state index is -0.506. The Morgan fingerprint density at radius 3 is 2.50 bits per heavy atom. The Labute approximate surface area is 131 Å². The normalized spacial score (nSPS) is 11.3. The standard InChI is InChI=1S/C13H20FN3O.2ClH/c1-9(2)12(15)4-5-17(3)13(18)10-6-11(14)8-16-7-10;;/h6-9,12H,4-5,15H2,1-3H3;2*1H.